The predicted molar refractivity (Wildman–Crippen MR) is 107 cm³/mol. The van der Waals surface area contributed by atoms with Gasteiger partial charge in [0, 0.05) is 26.0 Å². The number of rotatable bonds is 6. The Labute approximate surface area is 160 Å². The van der Waals surface area contributed by atoms with Gasteiger partial charge in [-0.05, 0) is 49.1 Å². The lowest BCUT2D eigenvalue weighted by atomic mass is 9.96. The van der Waals surface area contributed by atoms with Crippen molar-refractivity contribution in [2.24, 2.45) is 7.05 Å². The fourth-order valence-electron chi connectivity index (χ4n) is 3.43. The summed E-state index contributed by atoms with van der Waals surface area (Å²) < 4.78 is 1.65. The first kappa shape index (κ1) is 18.8. The highest BCUT2D eigenvalue weighted by atomic mass is 16.2. The van der Waals surface area contributed by atoms with E-state index >= 15 is 0 Å². The highest BCUT2D eigenvalue weighted by molar-refractivity contribution is 5.93. The van der Waals surface area contributed by atoms with Crippen LogP contribution >= 0.6 is 0 Å². The molecule has 3 aromatic rings. The molecule has 27 heavy (non-hydrogen) atoms. The zero-order valence-corrected chi connectivity index (χ0v) is 16.4. The van der Waals surface area contributed by atoms with Gasteiger partial charge in [-0.1, -0.05) is 37.3 Å². The minimum absolute atomic E-state index is 0.0333. The molecule has 0 radical (unpaired) electrons. The number of nitrogens with zero attached hydrogens (tertiary/aromatic N) is 4. The van der Waals surface area contributed by atoms with Crippen molar-refractivity contribution in [3.63, 3.8) is 0 Å². The molecule has 0 aliphatic heterocycles. The van der Waals surface area contributed by atoms with Crippen molar-refractivity contribution in [1.82, 2.24) is 19.7 Å². The number of hydrogen-bond donors (Lipinski definition) is 0. The molecular weight excluding hydrogens is 336 g/mol. The SMILES string of the molecule is CCc1ccc(C(c2cccnc2)N(CC)C(=O)c2cc(C)nn2C)cc1. The van der Waals surface area contributed by atoms with Gasteiger partial charge in [-0.3, -0.25) is 14.5 Å². The minimum atomic E-state index is -0.197. The molecular formula is C22H26N4O. The van der Waals surface area contributed by atoms with Gasteiger partial charge in [-0.25, -0.2) is 0 Å². The van der Waals surface area contributed by atoms with Gasteiger partial charge in [0.2, 0.25) is 0 Å². The maximum absolute atomic E-state index is 13.4. The predicted octanol–water partition coefficient (Wildman–Crippen LogP) is 3.94. The second-order valence-corrected chi connectivity index (χ2v) is 6.67. The van der Waals surface area contributed by atoms with Crippen molar-refractivity contribution >= 4 is 5.91 Å². The highest BCUT2D eigenvalue weighted by Crippen LogP contribution is 2.30. The summed E-state index contributed by atoms with van der Waals surface area (Å²) in [5.74, 6) is -0.0333. The van der Waals surface area contributed by atoms with Crippen molar-refractivity contribution in [2.75, 3.05) is 6.54 Å². The van der Waals surface area contributed by atoms with Crippen LogP contribution in [0.25, 0.3) is 0 Å². The smallest absolute Gasteiger partial charge is 0.272 e. The van der Waals surface area contributed by atoms with Gasteiger partial charge in [-0.15, -0.1) is 0 Å². The Balaban J connectivity index is 2.07. The third-order valence-corrected chi connectivity index (χ3v) is 4.84. The second kappa shape index (κ2) is 8.16. The lowest BCUT2D eigenvalue weighted by Gasteiger charge is -2.31. The molecule has 5 heteroatoms. The summed E-state index contributed by atoms with van der Waals surface area (Å²) in [6, 6.07) is 14.1. The first-order valence-electron chi connectivity index (χ1n) is 9.35. The number of pyridine rings is 1. The number of aromatic nitrogens is 3. The quantitative estimate of drug-likeness (QED) is 0.667. The average Bonchev–Trinajstić information content (AvgIpc) is 3.04. The first-order chi connectivity index (χ1) is 13.0. The number of carbonyl (C=O) groups excluding carboxylic acids is 1. The van der Waals surface area contributed by atoms with Gasteiger partial charge < -0.3 is 4.90 Å². The summed E-state index contributed by atoms with van der Waals surface area (Å²) in [4.78, 5) is 19.5. The molecule has 1 amide bonds. The molecule has 1 aromatic carbocycles. The molecule has 3 rings (SSSR count). The van der Waals surface area contributed by atoms with E-state index in [-0.39, 0.29) is 11.9 Å². The van der Waals surface area contributed by atoms with Crippen LogP contribution in [0, 0.1) is 6.92 Å². The fraction of sp³-hybridized carbons (Fsp3) is 0.318. The molecule has 0 fully saturated rings. The highest BCUT2D eigenvalue weighted by Gasteiger charge is 2.28. The standard InChI is InChI=1S/C22H26N4O/c1-5-17-9-11-18(12-10-17)21(19-8-7-13-23-15-19)26(6-2)22(27)20-14-16(3)24-25(20)4/h7-15,21H,5-6H2,1-4H3. The molecule has 2 heterocycles. The van der Waals surface area contributed by atoms with Crippen LogP contribution in [0.1, 0.15) is 52.8 Å². The van der Waals surface area contributed by atoms with Crippen molar-refractivity contribution in [2.45, 2.75) is 33.2 Å². The van der Waals surface area contributed by atoms with Crippen molar-refractivity contribution in [1.29, 1.82) is 0 Å². The van der Waals surface area contributed by atoms with Gasteiger partial charge in [-0.2, -0.15) is 5.10 Å². The van der Waals surface area contributed by atoms with Gasteiger partial charge in [0.25, 0.3) is 5.91 Å². The van der Waals surface area contributed by atoms with Gasteiger partial charge in [0.1, 0.15) is 5.69 Å². The Hall–Kier alpha value is -2.95. The average molecular weight is 362 g/mol. The molecule has 0 aliphatic rings. The van der Waals surface area contributed by atoms with E-state index in [0.29, 0.717) is 12.2 Å². The molecule has 1 atom stereocenters. The van der Waals surface area contributed by atoms with Crippen LogP contribution in [0.15, 0.2) is 54.9 Å². The Morgan fingerprint density at radius 2 is 1.89 bits per heavy atom. The summed E-state index contributed by atoms with van der Waals surface area (Å²) in [6.07, 6.45) is 4.58. The van der Waals surface area contributed by atoms with E-state index in [4.69, 9.17) is 0 Å². The first-order valence-corrected chi connectivity index (χ1v) is 9.35. The van der Waals surface area contributed by atoms with Crippen molar-refractivity contribution in [3.8, 4) is 0 Å². The maximum Gasteiger partial charge on any atom is 0.272 e. The zero-order chi connectivity index (χ0) is 19.4. The van der Waals surface area contributed by atoms with Gasteiger partial charge in [0.15, 0.2) is 0 Å². The third kappa shape index (κ3) is 3.92. The fourth-order valence-corrected chi connectivity index (χ4v) is 3.43. The van der Waals surface area contributed by atoms with E-state index < -0.39 is 0 Å². The molecule has 0 N–H and O–H groups in total. The normalized spacial score (nSPS) is 12.0. The molecule has 0 saturated carbocycles. The Bertz CT molecular complexity index is 900. The lowest BCUT2D eigenvalue weighted by Crippen LogP contribution is -2.36. The summed E-state index contributed by atoms with van der Waals surface area (Å²) in [5, 5.41) is 4.33. The second-order valence-electron chi connectivity index (χ2n) is 6.67. The largest absolute Gasteiger partial charge is 0.326 e. The van der Waals surface area contributed by atoms with Crippen LogP contribution in [0.2, 0.25) is 0 Å². The molecule has 0 saturated heterocycles. The number of aryl methyl sites for hydroxylation is 3. The van der Waals surface area contributed by atoms with E-state index in [9.17, 15) is 4.79 Å². The van der Waals surface area contributed by atoms with Crippen LogP contribution in [-0.2, 0) is 13.5 Å². The number of carbonyl (C=O) groups is 1. The van der Waals surface area contributed by atoms with E-state index in [1.807, 2.05) is 50.2 Å². The third-order valence-electron chi connectivity index (χ3n) is 4.84. The number of hydrogen-bond acceptors (Lipinski definition) is 3. The van der Waals surface area contributed by atoms with Crippen LogP contribution < -0.4 is 0 Å². The molecule has 2 aromatic heterocycles. The van der Waals surface area contributed by atoms with E-state index in [1.54, 1.807) is 10.9 Å². The molecule has 1 unspecified atom stereocenters. The van der Waals surface area contributed by atoms with E-state index in [2.05, 4.69) is 41.3 Å². The number of amides is 1. The Kier molecular flexibility index (Phi) is 5.69. The summed E-state index contributed by atoms with van der Waals surface area (Å²) in [7, 11) is 1.81. The zero-order valence-electron chi connectivity index (χ0n) is 16.4. The van der Waals surface area contributed by atoms with Crippen LogP contribution in [0.4, 0.5) is 0 Å². The lowest BCUT2D eigenvalue weighted by molar-refractivity contribution is 0.0705. The van der Waals surface area contributed by atoms with Gasteiger partial charge >= 0.3 is 0 Å². The summed E-state index contributed by atoms with van der Waals surface area (Å²) in [5.41, 5.74) is 4.78. The number of benzene rings is 1. The van der Waals surface area contributed by atoms with E-state index in [0.717, 1.165) is 23.2 Å². The summed E-state index contributed by atoms with van der Waals surface area (Å²) in [6.45, 7) is 6.62. The van der Waals surface area contributed by atoms with Crippen molar-refractivity contribution < 1.29 is 4.79 Å². The van der Waals surface area contributed by atoms with Gasteiger partial charge in [0.05, 0.1) is 11.7 Å². The molecule has 0 aliphatic carbocycles. The molecule has 0 spiro atoms. The van der Waals surface area contributed by atoms with Crippen molar-refractivity contribution in [3.05, 3.63) is 82.9 Å². The van der Waals surface area contributed by atoms with Crippen LogP contribution in [0.3, 0.4) is 0 Å². The molecule has 140 valence electrons. The van der Waals surface area contributed by atoms with E-state index in [1.165, 1.54) is 5.56 Å². The molecule has 5 nitrogen and oxygen atoms in total. The van der Waals surface area contributed by atoms with Crippen LogP contribution in [0.5, 0.6) is 0 Å². The summed E-state index contributed by atoms with van der Waals surface area (Å²) >= 11 is 0. The van der Waals surface area contributed by atoms with Crippen LogP contribution in [-0.4, -0.2) is 32.1 Å². The monoisotopic (exact) mass is 362 g/mol. The Morgan fingerprint density at radius 1 is 1.15 bits per heavy atom. The minimum Gasteiger partial charge on any atom is -0.326 e. The topological polar surface area (TPSA) is 51.0 Å². The Morgan fingerprint density at radius 3 is 2.41 bits per heavy atom. The maximum atomic E-state index is 13.4. The molecule has 0 bridgehead atoms.